The van der Waals surface area contributed by atoms with Gasteiger partial charge in [0, 0.05) is 17.9 Å². The van der Waals surface area contributed by atoms with Crippen molar-refractivity contribution in [3.05, 3.63) is 59.7 Å². The summed E-state index contributed by atoms with van der Waals surface area (Å²) in [5, 5.41) is 20.9. The van der Waals surface area contributed by atoms with E-state index in [4.69, 9.17) is 4.74 Å². The molecule has 1 saturated heterocycles. The van der Waals surface area contributed by atoms with Gasteiger partial charge in [0.25, 0.3) is 0 Å². The molecule has 0 saturated carbocycles. The molecule has 3 atom stereocenters. The van der Waals surface area contributed by atoms with E-state index in [-0.39, 0.29) is 11.5 Å². The van der Waals surface area contributed by atoms with Crippen molar-refractivity contribution in [3.8, 4) is 11.5 Å². The van der Waals surface area contributed by atoms with Gasteiger partial charge in [-0.15, -0.1) is 0 Å². The fraction of sp³-hybridized carbons (Fsp3) is 0.368. The number of rotatable bonds is 5. The van der Waals surface area contributed by atoms with Gasteiger partial charge in [0.15, 0.2) is 11.5 Å². The highest BCUT2D eigenvalue weighted by molar-refractivity contribution is 7.64. The Bertz CT molecular complexity index is 744. The zero-order chi connectivity index (χ0) is 17.2. The lowest BCUT2D eigenvalue weighted by molar-refractivity contribution is 0.246. The predicted molar refractivity (Wildman–Crippen MR) is 95.2 cm³/mol. The fourth-order valence-electron chi connectivity index (χ4n) is 3.52. The van der Waals surface area contributed by atoms with Crippen LogP contribution < -0.4 is 4.74 Å². The fourth-order valence-corrected chi connectivity index (χ4v) is 6.85. The molecule has 3 rings (SSSR count). The van der Waals surface area contributed by atoms with Crippen molar-refractivity contribution >= 4 is 7.14 Å². The molecule has 2 aromatic carbocycles. The molecule has 3 unspecified atom stereocenters. The van der Waals surface area contributed by atoms with E-state index in [2.05, 4.69) is 12.1 Å². The molecule has 0 spiro atoms. The Labute approximate surface area is 142 Å². The highest BCUT2D eigenvalue weighted by atomic mass is 31.2. The Balaban J connectivity index is 1.76. The first-order chi connectivity index (χ1) is 11.5. The Morgan fingerprint density at radius 2 is 1.96 bits per heavy atom. The molecule has 1 aliphatic heterocycles. The van der Waals surface area contributed by atoms with Crippen molar-refractivity contribution in [1.29, 1.82) is 0 Å². The maximum absolute atomic E-state index is 13.3. The lowest BCUT2D eigenvalue weighted by atomic mass is 9.99. The summed E-state index contributed by atoms with van der Waals surface area (Å²) in [5.74, 6) is -0.651. The maximum atomic E-state index is 13.3. The number of hydrogen-bond donors (Lipinski definition) is 2. The van der Waals surface area contributed by atoms with Crippen molar-refractivity contribution < 1.29 is 19.5 Å². The van der Waals surface area contributed by atoms with Crippen molar-refractivity contribution in [2.45, 2.75) is 18.7 Å². The van der Waals surface area contributed by atoms with Crippen molar-refractivity contribution in [3.63, 3.8) is 0 Å². The van der Waals surface area contributed by atoms with Crippen LogP contribution in [0.3, 0.4) is 0 Å². The molecule has 2 N–H and O–H groups in total. The van der Waals surface area contributed by atoms with Gasteiger partial charge in [-0.05, 0) is 30.4 Å². The average Bonchev–Trinajstić information content (AvgIpc) is 2.97. The molecule has 0 bridgehead atoms. The first-order valence-electron chi connectivity index (χ1n) is 8.19. The van der Waals surface area contributed by atoms with Gasteiger partial charge in [-0.2, -0.15) is 0 Å². The van der Waals surface area contributed by atoms with Gasteiger partial charge in [-0.3, -0.25) is 0 Å². The Morgan fingerprint density at radius 3 is 2.67 bits per heavy atom. The summed E-state index contributed by atoms with van der Waals surface area (Å²) in [6.45, 7) is 0. The van der Waals surface area contributed by atoms with Crippen molar-refractivity contribution in [1.82, 2.24) is 0 Å². The standard InChI is InChI=1S/C19H23O4P/c1-23-17-9-5-8-16(18(17)20)19(21)24(22)11-10-15(13-24)12-14-6-3-2-4-7-14/h2-9,15,19-21H,10-13H2,1H3. The van der Waals surface area contributed by atoms with Crippen LogP contribution in [-0.4, -0.2) is 29.6 Å². The third-order valence-corrected chi connectivity index (χ3v) is 8.14. The molecule has 1 heterocycles. The highest BCUT2D eigenvalue weighted by Gasteiger charge is 2.41. The number of ether oxygens (including phenoxy) is 1. The molecule has 0 aromatic heterocycles. The van der Waals surface area contributed by atoms with Gasteiger partial charge < -0.3 is 19.5 Å². The van der Waals surface area contributed by atoms with Gasteiger partial charge in [0.05, 0.1) is 7.11 Å². The molecule has 1 aliphatic rings. The number of benzene rings is 2. The third kappa shape index (κ3) is 3.35. The average molecular weight is 346 g/mol. The van der Waals surface area contributed by atoms with E-state index in [0.717, 1.165) is 12.8 Å². The number of aromatic hydroxyl groups is 1. The van der Waals surface area contributed by atoms with Crippen molar-refractivity contribution in [2.24, 2.45) is 5.92 Å². The number of aliphatic hydroxyl groups excluding tert-OH is 1. The molecule has 128 valence electrons. The van der Waals surface area contributed by atoms with Crippen LogP contribution in [0.2, 0.25) is 0 Å². The number of aliphatic hydroxyl groups is 1. The number of methoxy groups -OCH3 is 1. The third-order valence-electron chi connectivity index (χ3n) is 4.82. The highest BCUT2D eigenvalue weighted by Crippen LogP contribution is 2.65. The summed E-state index contributed by atoms with van der Waals surface area (Å²) >= 11 is 0. The Kier molecular flexibility index (Phi) is 4.98. The number of phenols is 1. The van der Waals surface area contributed by atoms with Crippen LogP contribution in [0.1, 0.15) is 23.4 Å². The lowest BCUT2D eigenvalue weighted by Gasteiger charge is -2.21. The normalized spacial score (nSPS) is 24.7. The molecular weight excluding hydrogens is 323 g/mol. The SMILES string of the molecule is COc1cccc(C(O)P2(=O)CCC(Cc3ccccc3)C2)c1O. The number of phenolic OH excluding ortho intramolecular Hbond substituents is 1. The van der Waals surface area contributed by atoms with Crippen molar-refractivity contribution in [2.75, 3.05) is 19.4 Å². The van der Waals surface area contributed by atoms with E-state index in [1.165, 1.54) is 12.7 Å². The van der Waals surface area contributed by atoms with E-state index in [9.17, 15) is 14.8 Å². The zero-order valence-electron chi connectivity index (χ0n) is 13.8. The second kappa shape index (κ2) is 7.00. The first kappa shape index (κ1) is 17.1. The summed E-state index contributed by atoms with van der Waals surface area (Å²) in [6.07, 6.45) is 2.75. The summed E-state index contributed by atoms with van der Waals surface area (Å²) in [4.78, 5) is 0. The second-order valence-corrected chi connectivity index (χ2v) is 9.68. The molecule has 0 radical (unpaired) electrons. The summed E-state index contributed by atoms with van der Waals surface area (Å²) in [6, 6.07) is 15.1. The molecule has 1 fully saturated rings. The van der Waals surface area contributed by atoms with Crippen LogP contribution in [0.5, 0.6) is 11.5 Å². The molecule has 5 heteroatoms. The van der Waals surface area contributed by atoms with Crippen LogP contribution in [0, 0.1) is 5.92 Å². The van der Waals surface area contributed by atoms with E-state index < -0.39 is 13.0 Å². The van der Waals surface area contributed by atoms with E-state index >= 15 is 0 Å². The van der Waals surface area contributed by atoms with Crippen LogP contribution in [-0.2, 0) is 11.0 Å². The monoisotopic (exact) mass is 346 g/mol. The van der Waals surface area contributed by atoms with Gasteiger partial charge >= 0.3 is 0 Å². The first-order valence-corrected chi connectivity index (χ1v) is 10.3. The van der Waals surface area contributed by atoms with E-state index in [1.807, 2.05) is 18.2 Å². The molecular formula is C19H23O4P. The molecule has 4 nitrogen and oxygen atoms in total. The quantitative estimate of drug-likeness (QED) is 0.803. The lowest BCUT2D eigenvalue weighted by Crippen LogP contribution is -2.06. The predicted octanol–water partition coefficient (Wildman–Crippen LogP) is 4.02. The summed E-state index contributed by atoms with van der Waals surface area (Å²) in [5.41, 5.74) is 1.53. The molecule has 0 aliphatic carbocycles. The topological polar surface area (TPSA) is 66.8 Å². The maximum Gasteiger partial charge on any atom is 0.164 e. The van der Waals surface area contributed by atoms with E-state index in [0.29, 0.717) is 23.8 Å². The second-order valence-electron chi connectivity index (χ2n) is 6.47. The number of para-hydroxylation sites is 1. The van der Waals surface area contributed by atoms with Gasteiger partial charge in [-0.25, -0.2) is 0 Å². The Hall–Kier alpha value is -1.77. The van der Waals surface area contributed by atoms with Crippen LogP contribution in [0.4, 0.5) is 0 Å². The Morgan fingerprint density at radius 1 is 1.21 bits per heavy atom. The van der Waals surface area contributed by atoms with Crippen LogP contribution >= 0.6 is 7.14 Å². The summed E-state index contributed by atoms with van der Waals surface area (Å²) < 4.78 is 18.3. The molecule has 24 heavy (non-hydrogen) atoms. The van der Waals surface area contributed by atoms with E-state index in [1.54, 1.807) is 18.2 Å². The van der Waals surface area contributed by atoms with Crippen LogP contribution in [0.15, 0.2) is 48.5 Å². The minimum Gasteiger partial charge on any atom is -0.504 e. The van der Waals surface area contributed by atoms with Crippen LogP contribution in [0.25, 0.3) is 0 Å². The zero-order valence-corrected chi connectivity index (χ0v) is 14.7. The van der Waals surface area contributed by atoms with Gasteiger partial charge in [-0.1, -0.05) is 42.5 Å². The van der Waals surface area contributed by atoms with Gasteiger partial charge in [0.2, 0.25) is 0 Å². The minimum absolute atomic E-state index is 0.116. The minimum atomic E-state index is -2.79. The summed E-state index contributed by atoms with van der Waals surface area (Å²) in [7, 11) is -1.34. The molecule has 0 amide bonds. The smallest absolute Gasteiger partial charge is 0.164 e. The number of hydrogen-bond acceptors (Lipinski definition) is 4. The largest absolute Gasteiger partial charge is 0.504 e. The molecule has 2 aromatic rings. The van der Waals surface area contributed by atoms with Gasteiger partial charge in [0.1, 0.15) is 13.0 Å².